The molecule has 4 aromatic rings. The van der Waals surface area contributed by atoms with E-state index >= 15 is 0 Å². The Kier molecular flexibility index (Phi) is 5.39. The van der Waals surface area contributed by atoms with Gasteiger partial charge in [0, 0.05) is 28.0 Å². The maximum absolute atomic E-state index is 12.4. The first-order valence-electron chi connectivity index (χ1n) is 8.85. The van der Waals surface area contributed by atoms with Gasteiger partial charge >= 0.3 is 0 Å². The Morgan fingerprint density at radius 2 is 1.90 bits per heavy atom. The number of rotatable bonds is 5. The normalized spacial score (nSPS) is 11.1. The Labute approximate surface area is 176 Å². The summed E-state index contributed by atoms with van der Waals surface area (Å²) in [6, 6.07) is 18.8. The minimum atomic E-state index is -0.296. The van der Waals surface area contributed by atoms with Crippen LogP contribution in [0.2, 0.25) is 0 Å². The summed E-state index contributed by atoms with van der Waals surface area (Å²) < 4.78 is 7.92. The van der Waals surface area contributed by atoms with Crippen molar-refractivity contribution in [2.45, 2.75) is 0 Å². The third kappa shape index (κ3) is 4.20. The number of nitrogens with zero attached hydrogens (tertiary/aromatic N) is 3. The van der Waals surface area contributed by atoms with Crippen molar-refractivity contribution in [3.8, 4) is 17.0 Å². The zero-order valence-corrected chi connectivity index (χ0v) is 17.1. The summed E-state index contributed by atoms with van der Waals surface area (Å²) in [6.45, 7) is 0. The molecule has 0 saturated carbocycles. The van der Waals surface area contributed by atoms with Gasteiger partial charge in [-0.1, -0.05) is 34.1 Å². The zero-order chi connectivity index (χ0) is 20.2. The maximum Gasteiger partial charge on any atom is 0.272 e. The average Bonchev–Trinajstić information content (AvgIpc) is 3.18. The van der Waals surface area contributed by atoms with Gasteiger partial charge in [-0.25, -0.2) is 10.4 Å². The topological polar surface area (TPSA) is 68.0 Å². The number of benzene rings is 2. The highest BCUT2D eigenvalue weighted by Gasteiger charge is 2.09. The summed E-state index contributed by atoms with van der Waals surface area (Å²) in [5.74, 6) is 0.495. The van der Waals surface area contributed by atoms with Crippen LogP contribution in [0.25, 0.3) is 16.9 Å². The lowest BCUT2D eigenvalue weighted by molar-refractivity contribution is 0.0954. The molecular formula is C22H17BrN4O2. The van der Waals surface area contributed by atoms with Crippen LogP contribution in [0.5, 0.6) is 5.75 Å². The molecule has 0 saturated heterocycles. The van der Waals surface area contributed by atoms with Gasteiger partial charge in [0.2, 0.25) is 0 Å². The molecule has 0 aliphatic carbocycles. The summed E-state index contributed by atoms with van der Waals surface area (Å²) in [4.78, 5) is 17.0. The van der Waals surface area contributed by atoms with E-state index in [-0.39, 0.29) is 5.91 Å². The number of pyridine rings is 1. The maximum atomic E-state index is 12.4. The third-order valence-corrected chi connectivity index (χ3v) is 5.10. The van der Waals surface area contributed by atoms with E-state index in [4.69, 9.17) is 4.74 Å². The van der Waals surface area contributed by atoms with E-state index < -0.39 is 0 Å². The molecule has 7 heteroatoms. The molecule has 2 aromatic heterocycles. The van der Waals surface area contributed by atoms with Crippen LogP contribution in [-0.2, 0) is 0 Å². The van der Waals surface area contributed by atoms with Crippen LogP contribution in [0, 0.1) is 0 Å². The number of aromatic nitrogens is 2. The largest absolute Gasteiger partial charge is 0.497 e. The van der Waals surface area contributed by atoms with E-state index in [2.05, 4.69) is 31.4 Å². The van der Waals surface area contributed by atoms with E-state index in [1.54, 1.807) is 31.7 Å². The second kappa shape index (κ2) is 8.28. The SMILES string of the molecule is COc1ccc(-c2cn3cc(C(=O)NN=Cc4ccccc4Br)ccc3n2)cc1. The number of ether oxygens (including phenoxy) is 1. The Morgan fingerprint density at radius 1 is 1.10 bits per heavy atom. The number of hydrazone groups is 1. The van der Waals surface area contributed by atoms with Gasteiger partial charge in [0.15, 0.2) is 0 Å². The smallest absolute Gasteiger partial charge is 0.272 e. The Bertz CT molecular complexity index is 1200. The van der Waals surface area contributed by atoms with Crippen LogP contribution >= 0.6 is 15.9 Å². The van der Waals surface area contributed by atoms with Gasteiger partial charge in [0.05, 0.1) is 24.6 Å². The van der Waals surface area contributed by atoms with Crippen molar-refractivity contribution in [3.05, 3.63) is 88.7 Å². The van der Waals surface area contributed by atoms with Gasteiger partial charge in [0.1, 0.15) is 11.4 Å². The fourth-order valence-corrected chi connectivity index (χ4v) is 3.22. The molecule has 4 rings (SSSR count). The molecule has 144 valence electrons. The number of imidazole rings is 1. The van der Waals surface area contributed by atoms with E-state index in [0.717, 1.165) is 32.7 Å². The lowest BCUT2D eigenvalue weighted by Gasteiger charge is -2.01. The summed E-state index contributed by atoms with van der Waals surface area (Å²) in [5, 5.41) is 4.04. The highest BCUT2D eigenvalue weighted by atomic mass is 79.9. The molecule has 0 fully saturated rings. The molecular weight excluding hydrogens is 432 g/mol. The minimum Gasteiger partial charge on any atom is -0.497 e. The van der Waals surface area contributed by atoms with E-state index in [1.165, 1.54) is 0 Å². The van der Waals surface area contributed by atoms with Crippen LogP contribution in [0.4, 0.5) is 0 Å². The molecule has 0 bridgehead atoms. The molecule has 1 amide bonds. The van der Waals surface area contributed by atoms with E-state index in [9.17, 15) is 4.79 Å². The molecule has 2 heterocycles. The minimum absolute atomic E-state index is 0.296. The zero-order valence-electron chi connectivity index (χ0n) is 15.5. The first-order valence-corrected chi connectivity index (χ1v) is 9.64. The number of hydrogen-bond donors (Lipinski definition) is 1. The molecule has 0 atom stereocenters. The molecule has 29 heavy (non-hydrogen) atoms. The van der Waals surface area contributed by atoms with Gasteiger partial charge in [-0.2, -0.15) is 5.10 Å². The Morgan fingerprint density at radius 3 is 2.66 bits per heavy atom. The Balaban J connectivity index is 1.52. The van der Waals surface area contributed by atoms with Crippen LogP contribution in [-0.4, -0.2) is 28.6 Å². The number of carbonyl (C=O) groups excluding carboxylic acids is 1. The number of amides is 1. The fraction of sp³-hybridized carbons (Fsp3) is 0.0455. The molecule has 1 N–H and O–H groups in total. The van der Waals surface area contributed by atoms with Crippen LogP contribution < -0.4 is 10.2 Å². The number of methoxy groups -OCH3 is 1. The number of fused-ring (bicyclic) bond motifs is 1. The molecule has 6 nitrogen and oxygen atoms in total. The number of carbonyl (C=O) groups is 1. The fourth-order valence-electron chi connectivity index (χ4n) is 2.83. The highest BCUT2D eigenvalue weighted by molar-refractivity contribution is 9.10. The van der Waals surface area contributed by atoms with E-state index in [0.29, 0.717) is 5.56 Å². The molecule has 0 aliphatic rings. The first kappa shape index (κ1) is 18.9. The van der Waals surface area contributed by atoms with Crippen LogP contribution in [0.3, 0.4) is 0 Å². The van der Waals surface area contributed by atoms with Gasteiger partial charge in [-0.05, 0) is 42.5 Å². The number of nitrogens with one attached hydrogen (secondary N) is 1. The van der Waals surface area contributed by atoms with Crippen molar-refractivity contribution < 1.29 is 9.53 Å². The number of hydrogen-bond acceptors (Lipinski definition) is 4. The lowest BCUT2D eigenvalue weighted by atomic mass is 10.2. The lowest BCUT2D eigenvalue weighted by Crippen LogP contribution is -2.18. The third-order valence-electron chi connectivity index (χ3n) is 4.37. The van der Waals surface area contributed by atoms with Crippen molar-refractivity contribution >= 4 is 33.7 Å². The second-order valence-electron chi connectivity index (χ2n) is 6.26. The predicted molar refractivity (Wildman–Crippen MR) is 116 cm³/mol. The van der Waals surface area contributed by atoms with Crippen LogP contribution in [0.15, 0.2) is 82.6 Å². The number of halogens is 1. The second-order valence-corrected chi connectivity index (χ2v) is 7.11. The van der Waals surface area contributed by atoms with Crippen molar-refractivity contribution in [2.75, 3.05) is 7.11 Å². The summed E-state index contributed by atoms with van der Waals surface area (Å²) in [5.41, 5.74) is 6.46. The summed E-state index contributed by atoms with van der Waals surface area (Å²) >= 11 is 3.44. The molecule has 0 radical (unpaired) electrons. The quantitative estimate of drug-likeness (QED) is 0.360. The van der Waals surface area contributed by atoms with Gasteiger partial charge in [-0.3, -0.25) is 4.79 Å². The monoisotopic (exact) mass is 448 g/mol. The molecule has 0 unspecified atom stereocenters. The van der Waals surface area contributed by atoms with Crippen molar-refractivity contribution in [1.29, 1.82) is 0 Å². The summed E-state index contributed by atoms with van der Waals surface area (Å²) in [6.07, 6.45) is 5.22. The highest BCUT2D eigenvalue weighted by Crippen LogP contribution is 2.22. The Hall–Kier alpha value is -3.45. The van der Waals surface area contributed by atoms with Gasteiger partial charge < -0.3 is 9.14 Å². The molecule has 0 aliphatic heterocycles. The van der Waals surface area contributed by atoms with Crippen molar-refractivity contribution in [1.82, 2.24) is 14.8 Å². The van der Waals surface area contributed by atoms with Gasteiger partial charge in [-0.15, -0.1) is 0 Å². The molecule has 0 spiro atoms. The summed E-state index contributed by atoms with van der Waals surface area (Å²) in [7, 11) is 1.63. The van der Waals surface area contributed by atoms with Crippen molar-refractivity contribution in [3.63, 3.8) is 0 Å². The predicted octanol–water partition coefficient (Wildman–Crippen LogP) is 4.54. The average molecular weight is 449 g/mol. The molecule has 2 aromatic carbocycles. The van der Waals surface area contributed by atoms with Crippen molar-refractivity contribution in [2.24, 2.45) is 5.10 Å². The van der Waals surface area contributed by atoms with Gasteiger partial charge in [0.25, 0.3) is 5.91 Å². The van der Waals surface area contributed by atoms with E-state index in [1.807, 2.05) is 59.1 Å². The standard InChI is InChI=1S/C22H17BrN4O2/c1-29-18-9-6-15(7-10-18)20-14-27-13-17(8-11-21(27)25-20)22(28)26-24-12-16-4-2-3-5-19(16)23/h2-14H,1H3,(H,26,28). The first-order chi connectivity index (χ1) is 14.1. The van der Waals surface area contributed by atoms with Crippen LogP contribution in [0.1, 0.15) is 15.9 Å².